The monoisotopic (exact) mass is 336 g/mol. The van der Waals surface area contributed by atoms with E-state index in [1.54, 1.807) is 44.8 Å². The van der Waals surface area contributed by atoms with E-state index in [-0.39, 0.29) is 0 Å². The molecule has 0 radical (unpaired) electrons. The predicted octanol–water partition coefficient (Wildman–Crippen LogP) is 3.50. The number of hydrogen-bond donors (Lipinski definition) is 2. The maximum absolute atomic E-state index is 5.94. The van der Waals surface area contributed by atoms with E-state index >= 15 is 0 Å². The number of aromatic nitrogens is 3. The smallest absolute Gasteiger partial charge is 0.146 e. The summed E-state index contributed by atoms with van der Waals surface area (Å²) in [6, 6.07) is 9.07. The Bertz CT molecular complexity index is 1050. The van der Waals surface area contributed by atoms with Crippen molar-refractivity contribution in [2.75, 3.05) is 20.0 Å². The number of fused-ring (bicyclic) bond motifs is 3. The maximum Gasteiger partial charge on any atom is 0.146 e. The van der Waals surface area contributed by atoms with E-state index in [1.807, 2.05) is 12.1 Å². The summed E-state index contributed by atoms with van der Waals surface area (Å²) in [5.41, 5.74) is 7.42. The summed E-state index contributed by atoms with van der Waals surface area (Å²) in [4.78, 5) is 11.7. The number of methoxy groups -OCH3 is 2. The fraction of sp³-hybridized carbons (Fsp3) is 0.111. The van der Waals surface area contributed by atoms with Crippen LogP contribution in [0.4, 0.5) is 5.82 Å². The lowest BCUT2D eigenvalue weighted by Crippen LogP contribution is -1.91. The van der Waals surface area contributed by atoms with Crippen molar-refractivity contribution in [3.05, 3.63) is 42.7 Å². The molecule has 0 spiro atoms. The van der Waals surface area contributed by atoms with Crippen LogP contribution in [-0.4, -0.2) is 29.2 Å². The van der Waals surface area contributed by atoms with Crippen molar-refractivity contribution in [2.24, 2.45) is 0 Å². The minimum Gasteiger partial charge on any atom is -0.496 e. The molecule has 0 saturated heterocycles. The molecule has 0 aliphatic heterocycles. The van der Waals surface area contributed by atoms with E-state index in [0.717, 1.165) is 21.9 Å². The SMILES string of the molecule is COc1cc(OC)cc(Oc2cnc3[nH]c4cnc(N)cc4c3c2)c1. The number of ether oxygens (including phenoxy) is 3. The van der Waals surface area contributed by atoms with Crippen molar-refractivity contribution in [3.8, 4) is 23.0 Å². The molecule has 0 saturated carbocycles. The van der Waals surface area contributed by atoms with Gasteiger partial charge in [0, 0.05) is 29.0 Å². The summed E-state index contributed by atoms with van der Waals surface area (Å²) >= 11 is 0. The molecule has 0 fully saturated rings. The fourth-order valence-corrected chi connectivity index (χ4v) is 2.70. The van der Waals surface area contributed by atoms with Gasteiger partial charge in [0.15, 0.2) is 0 Å². The van der Waals surface area contributed by atoms with E-state index in [9.17, 15) is 0 Å². The molecule has 3 aromatic heterocycles. The Labute approximate surface area is 143 Å². The minimum atomic E-state index is 0.456. The first-order valence-electron chi connectivity index (χ1n) is 7.60. The highest BCUT2D eigenvalue weighted by Crippen LogP contribution is 2.33. The molecule has 1 aromatic carbocycles. The Kier molecular flexibility index (Phi) is 3.53. The lowest BCUT2D eigenvalue weighted by Gasteiger charge is -2.09. The van der Waals surface area contributed by atoms with Gasteiger partial charge in [0.25, 0.3) is 0 Å². The zero-order valence-electron chi connectivity index (χ0n) is 13.7. The lowest BCUT2D eigenvalue weighted by atomic mass is 10.2. The summed E-state index contributed by atoms with van der Waals surface area (Å²) in [6.45, 7) is 0. The van der Waals surface area contributed by atoms with Gasteiger partial charge < -0.3 is 24.9 Å². The molecule has 0 bridgehead atoms. The van der Waals surface area contributed by atoms with Crippen molar-refractivity contribution in [2.45, 2.75) is 0 Å². The molecule has 126 valence electrons. The van der Waals surface area contributed by atoms with Gasteiger partial charge in [0.2, 0.25) is 0 Å². The number of aromatic amines is 1. The first-order chi connectivity index (χ1) is 12.2. The van der Waals surface area contributed by atoms with Gasteiger partial charge in [-0.3, -0.25) is 0 Å². The molecular weight excluding hydrogens is 320 g/mol. The molecule has 3 heterocycles. The largest absolute Gasteiger partial charge is 0.496 e. The quantitative estimate of drug-likeness (QED) is 0.592. The van der Waals surface area contributed by atoms with Crippen molar-refractivity contribution in [3.63, 3.8) is 0 Å². The zero-order valence-corrected chi connectivity index (χ0v) is 13.7. The molecule has 3 N–H and O–H groups in total. The van der Waals surface area contributed by atoms with Gasteiger partial charge in [-0.2, -0.15) is 0 Å². The highest BCUT2D eigenvalue weighted by molar-refractivity contribution is 6.06. The van der Waals surface area contributed by atoms with Crippen LogP contribution in [0.15, 0.2) is 42.7 Å². The Balaban J connectivity index is 1.77. The molecule has 7 nitrogen and oxygen atoms in total. The first-order valence-corrected chi connectivity index (χ1v) is 7.60. The second kappa shape index (κ2) is 5.86. The van der Waals surface area contributed by atoms with E-state index in [0.29, 0.717) is 28.8 Å². The third-order valence-corrected chi connectivity index (χ3v) is 3.89. The number of rotatable bonds is 4. The van der Waals surface area contributed by atoms with Crippen molar-refractivity contribution in [1.82, 2.24) is 15.0 Å². The van der Waals surface area contributed by atoms with Gasteiger partial charge in [-0.1, -0.05) is 0 Å². The standard InChI is InChI=1S/C18H16N4O3/c1-23-10-3-11(24-2)5-12(4-10)25-13-6-15-14-7-17(19)20-9-16(14)22-18(15)21-8-13/h3-9H,1-2H3,(H2,19,20)(H,21,22). The van der Waals surface area contributed by atoms with Crippen LogP contribution in [0.25, 0.3) is 21.9 Å². The highest BCUT2D eigenvalue weighted by Gasteiger charge is 2.10. The molecule has 7 heteroatoms. The van der Waals surface area contributed by atoms with Crippen LogP contribution in [0.2, 0.25) is 0 Å². The molecule has 0 atom stereocenters. The molecule has 0 aliphatic carbocycles. The highest BCUT2D eigenvalue weighted by atomic mass is 16.5. The molecule has 0 amide bonds. The van der Waals surface area contributed by atoms with Crippen LogP contribution < -0.4 is 19.9 Å². The maximum atomic E-state index is 5.94. The van der Waals surface area contributed by atoms with Crippen molar-refractivity contribution in [1.29, 1.82) is 0 Å². The molecule has 4 aromatic rings. The van der Waals surface area contributed by atoms with E-state index < -0.39 is 0 Å². The number of nitrogens with one attached hydrogen (secondary N) is 1. The normalized spacial score (nSPS) is 11.0. The molecule has 25 heavy (non-hydrogen) atoms. The Morgan fingerprint density at radius 3 is 2.24 bits per heavy atom. The Morgan fingerprint density at radius 2 is 1.52 bits per heavy atom. The van der Waals surface area contributed by atoms with Crippen LogP contribution in [-0.2, 0) is 0 Å². The van der Waals surface area contributed by atoms with Crippen LogP contribution in [0.3, 0.4) is 0 Å². The van der Waals surface area contributed by atoms with Gasteiger partial charge in [0.05, 0.1) is 32.1 Å². The fourth-order valence-electron chi connectivity index (χ4n) is 2.70. The number of pyridine rings is 2. The summed E-state index contributed by atoms with van der Waals surface area (Å²) in [6.07, 6.45) is 3.35. The first kappa shape index (κ1) is 15.1. The third-order valence-electron chi connectivity index (χ3n) is 3.89. The topological polar surface area (TPSA) is 95.3 Å². The predicted molar refractivity (Wildman–Crippen MR) is 95.4 cm³/mol. The number of H-pyrrole nitrogens is 1. The summed E-state index contributed by atoms with van der Waals surface area (Å²) < 4.78 is 16.5. The molecule has 4 rings (SSSR count). The summed E-state index contributed by atoms with van der Waals surface area (Å²) in [7, 11) is 3.19. The Hall–Kier alpha value is -3.48. The number of anilines is 1. The van der Waals surface area contributed by atoms with Gasteiger partial charge in [-0.15, -0.1) is 0 Å². The average molecular weight is 336 g/mol. The number of benzene rings is 1. The lowest BCUT2D eigenvalue weighted by molar-refractivity contribution is 0.386. The van der Waals surface area contributed by atoms with Gasteiger partial charge in [-0.05, 0) is 12.1 Å². The summed E-state index contributed by atoms with van der Waals surface area (Å²) in [5, 5.41) is 1.86. The third kappa shape index (κ3) is 2.76. The van der Waals surface area contributed by atoms with Gasteiger partial charge in [0.1, 0.15) is 34.5 Å². The summed E-state index contributed by atoms with van der Waals surface area (Å²) in [5.74, 6) is 2.94. The van der Waals surface area contributed by atoms with Crippen molar-refractivity contribution < 1.29 is 14.2 Å². The molecular formula is C18H16N4O3. The number of nitrogens with two attached hydrogens (primary N) is 1. The number of hydrogen-bond acceptors (Lipinski definition) is 6. The minimum absolute atomic E-state index is 0.456. The van der Waals surface area contributed by atoms with Crippen LogP contribution in [0.5, 0.6) is 23.0 Å². The van der Waals surface area contributed by atoms with Crippen LogP contribution in [0.1, 0.15) is 0 Å². The molecule has 0 aliphatic rings. The van der Waals surface area contributed by atoms with E-state index in [4.69, 9.17) is 19.9 Å². The zero-order chi connectivity index (χ0) is 17.4. The number of nitrogen functional groups attached to an aromatic ring is 1. The van der Waals surface area contributed by atoms with Crippen LogP contribution >= 0.6 is 0 Å². The van der Waals surface area contributed by atoms with E-state index in [1.165, 1.54) is 0 Å². The van der Waals surface area contributed by atoms with Crippen LogP contribution in [0, 0.1) is 0 Å². The van der Waals surface area contributed by atoms with Gasteiger partial charge >= 0.3 is 0 Å². The second-order valence-corrected chi connectivity index (χ2v) is 5.50. The van der Waals surface area contributed by atoms with E-state index in [2.05, 4.69) is 15.0 Å². The van der Waals surface area contributed by atoms with Gasteiger partial charge in [-0.25, -0.2) is 9.97 Å². The average Bonchev–Trinajstić information content (AvgIpc) is 2.98. The second-order valence-electron chi connectivity index (χ2n) is 5.50. The molecule has 0 unspecified atom stereocenters. The van der Waals surface area contributed by atoms with Crippen molar-refractivity contribution >= 4 is 27.8 Å². The number of nitrogens with zero attached hydrogens (tertiary/aromatic N) is 2. The Morgan fingerprint density at radius 1 is 0.800 bits per heavy atom.